The Morgan fingerprint density at radius 2 is 1.76 bits per heavy atom. The summed E-state index contributed by atoms with van der Waals surface area (Å²) in [5.74, 6) is 1.50. The number of furan rings is 1. The van der Waals surface area contributed by atoms with Gasteiger partial charge >= 0.3 is 0 Å². The summed E-state index contributed by atoms with van der Waals surface area (Å²) in [6, 6.07) is 5.22. The molecule has 1 fully saturated rings. The van der Waals surface area contributed by atoms with Crippen LogP contribution in [0, 0.1) is 6.92 Å². The molecule has 0 saturated carbocycles. The molecule has 3 rings (SSSR count). The number of aryl methyl sites for hydroxylation is 1. The summed E-state index contributed by atoms with van der Waals surface area (Å²) in [5, 5.41) is 4.02. The molecule has 0 unspecified atom stereocenters. The first-order chi connectivity index (χ1) is 11.8. The van der Waals surface area contributed by atoms with Gasteiger partial charge in [0, 0.05) is 52.9 Å². The van der Waals surface area contributed by atoms with Crippen LogP contribution in [0.15, 0.2) is 32.2 Å². The van der Waals surface area contributed by atoms with E-state index in [4.69, 9.17) is 8.94 Å². The van der Waals surface area contributed by atoms with Crippen molar-refractivity contribution < 1.29 is 17.4 Å². The van der Waals surface area contributed by atoms with Gasteiger partial charge in [0.05, 0.1) is 12.2 Å². The van der Waals surface area contributed by atoms with Gasteiger partial charge in [-0.25, -0.2) is 12.7 Å². The molecular weight excluding hydrogens is 344 g/mol. The first-order valence-electron chi connectivity index (χ1n) is 8.23. The average molecular weight is 368 g/mol. The minimum Gasteiger partial charge on any atom is -0.447 e. The highest BCUT2D eigenvalue weighted by Crippen LogP contribution is 2.19. The van der Waals surface area contributed by atoms with E-state index in [1.165, 1.54) is 20.2 Å². The lowest BCUT2D eigenvalue weighted by atomic mass is 10.2. The van der Waals surface area contributed by atoms with Crippen LogP contribution >= 0.6 is 0 Å². The lowest BCUT2D eigenvalue weighted by Gasteiger charge is -2.33. The number of rotatable bonds is 6. The second-order valence-electron chi connectivity index (χ2n) is 6.49. The van der Waals surface area contributed by atoms with E-state index in [-0.39, 0.29) is 5.09 Å². The first-order valence-corrected chi connectivity index (χ1v) is 9.67. The Bertz CT molecular complexity index is 804. The SMILES string of the molecule is Cc1cc(CN2CCN(Cc3ccc(S(=O)(=O)N(C)C)o3)CC2)no1. The first kappa shape index (κ1) is 18.1. The third-order valence-corrected chi connectivity index (χ3v) is 5.97. The molecule has 8 nitrogen and oxygen atoms in total. The van der Waals surface area contributed by atoms with Crippen LogP contribution in [0.4, 0.5) is 0 Å². The lowest BCUT2D eigenvalue weighted by molar-refractivity contribution is 0.113. The molecule has 0 bridgehead atoms. The Balaban J connectivity index is 1.52. The van der Waals surface area contributed by atoms with Crippen LogP contribution in [0.5, 0.6) is 0 Å². The van der Waals surface area contributed by atoms with Gasteiger partial charge in [0.2, 0.25) is 5.09 Å². The predicted molar refractivity (Wildman–Crippen MR) is 91.4 cm³/mol. The van der Waals surface area contributed by atoms with Crippen LogP contribution in [-0.2, 0) is 23.1 Å². The molecule has 138 valence electrons. The fraction of sp³-hybridized carbons (Fsp3) is 0.562. The summed E-state index contributed by atoms with van der Waals surface area (Å²) in [5.41, 5.74) is 0.954. The van der Waals surface area contributed by atoms with Crippen molar-refractivity contribution in [2.45, 2.75) is 25.1 Å². The number of nitrogens with zero attached hydrogens (tertiary/aromatic N) is 4. The molecule has 0 aromatic carbocycles. The van der Waals surface area contributed by atoms with Crippen LogP contribution in [0.25, 0.3) is 0 Å². The minimum atomic E-state index is -3.51. The normalized spacial score (nSPS) is 17.4. The van der Waals surface area contributed by atoms with Gasteiger partial charge < -0.3 is 8.94 Å². The Labute approximate surface area is 148 Å². The molecule has 1 aliphatic rings. The third-order valence-electron chi connectivity index (χ3n) is 4.28. The van der Waals surface area contributed by atoms with E-state index in [0.717, 1.165) is 48.5 Å². The summed E-state index contributed by atoms with van der Waals surface area (Å²) in [6.07, 6.45) is 0. The van der Waals surface area contributed by atoms with Crippen molar-refractivity contribution >= 4 is 10.0 Å². The maximum Gasteiger partial charge on any atom is 0.275 e. The van der Waals surface area contributed by atoms with Gasteiger partial charge in [-0.2, -0.15) is 0 Å². The second kappa shape index (κ2) is 7.28. The molecule has 1 aliphatic heterocycles. The molecule has 1 saturated heterocycles. The number of aromatic nitrogens is 1. The van der Waals surface area contributed by atoms with Crippen molar-refractivity contribution in [2.24, 2.45) is 0 Å². The van der Waals surface area contributed by atoms with Crippen LogP contribution in [0.3, 0.4) is 0 Å². The summed E-state index contributed by atoms with van der Waals surface area (Å²) in [7, 11) is -0.528. The van der Waals surface area contributed by atoms with Gasteiger partial charge in [0.15, 0.2) is 0 Å². The molecule has 2 aromatic heterocycles. The Hall–Kier alpha value is -1.68. The topological polar surface area (TPSA) is 83.0 Å². The number of piperazine rings is 1. The Morgan fingerprint density at radius 1 is 1.12 bits per heavy atom. The molecule has 3 heterocycles. The molecule has 9 heteroatoms. The highest BCUT2D eigenvalue weighted by atomic mass is 32.2. The monoisotopic (exact) mass is 368 g/mol. The van der Waals surface area contributed by atoms with Crippen LogP contribution in [0.1, 0.15) is 17.2 Å². The number of hydrogen-bond donors (Lipinski definition) is 0. The summed E-state index contributed by atoms with van der Waals surface area (Å²) < 4.78 is 35.9. The molecular formula is C16H24N4O4S. The van der Waals surface area contributed by atoms with Gasteiger partial charge in [-0.15, -0.1) is 0 Å². The van der Waals surface area contributed by atoms with Crippen molar-refractivity contribution in [3.05, 3.63) is 35.4 Å². The molecule has 0 atom stereocenters. The third kappa shape index (κ3) is 4.30. The van der Waals surface area contributed by atoms with Crippen molar-refractivity contribution in [1.29, 1.82) is 0 Å². The Kier molecular flexibility index (Phi) is 5.28. The predicted octanol–water partition coefficient (Wildman–Crippen LogP) is 1.14. The highest BCUT2D eigenvalue weighted by molar-refractivity contribution is 7.88. The number of hydrogen-bond acceptors (Lipinski definition) is 7. The fourth-order valence-electron chi connectivity index (χ4n) is 2.81. The smallest absolute Gasteiger partial charge is 0.275 e. The van der Waals surface area contributed by atoms with Gasteiger partial charge in [0.25, 0.3) is 10.0 Å². The van der Waals surface area contributed by atoms with E-state index < -0.39 is 10.0 Å². The van der Waals surface area contributed by atoms with Gasteiger partial charge in [-0.05, 0) is 19.1 Å². The van der Waals surface area contributed by atoms with Crippen molar-refractivity contribution in [3.63, 3.8) is 0 Å². The highest BCUT2D eigenvalue weighted by Gasteiger charge is 2.23. The van der Waals surface area contributed by atoms with E-state index in [2.05, 4.69) is 15.0 Å². The maximum absolute atomic E-state index is 12.1. The molecule has 0 N–H and O–H groups in total. The van der Waals surface area contributed by atoms with Gasteiger partial charge in [-0.3, -0.25) is 9.80 Å². The zero-order valence-electron chi connectivity index (χ0n) is 14.8. The zero-order chi connectivity index (χ0) is 18.0. The Morgan fingerprint density at radius 3 is 2.32 bits per heavy atom. The standard InChI is InChI=1S/C16H24N4O4S/c1-13-10-14(17-24-13)11-19-6-8-20(9-7-19)12-15-4-5-16(23-15)25(21,22)18(2)3/h4-5,10H,6-9,11-12H2,1-3H3. The van der Waals surface area contributed by atoms with Crippen LogP contribution in [0.2, 0.25) is 0 Å². The van der Waals surface area contributed by atoms with Gasteiger partial charge in [0.1, 0.15) is 11.5 Å². The van der Waals surface area contributed by atoms with Crippen molar-refractivity contribution in [1.82, 2.24) is 19.3 Å². The summed E-state index contributed by atoms with van der Waals surface area (Å²) in [4.78, 5) is 4.59. The minimum absolute atomic E-state index is 0.00691. The maximum atomic E-state index is 12.1. The van der Waals surface area contributed by atoms with E-state index in [0.29, 0.717) is 12.3 Å². The summed E-state index contributed by atoms with van der Waals surface area (Å²) in [6.45, 7) is 6.94. The average Bonchev–Trinajstić information content (AvgIpc) is 3.19. The van der Waals surface area contributed by atoms with E-state index in [1.807, 2.05) is 13.0 Å². The zero-order valence-corrected chi connectivity index (χ0v) is 15.6. The molecule has 0 aliphatic carbocycles. The van der Waals surface area contributed by atoms with E-state index >= 15 is 0 Å². The molecule has 0 amide bonds. The lowest BCUT2D eigenvalue weighted by Crippen LogP contribution is -2.45. The molecule has 0 radical (unpaired) electrons. The quantitative estimate of drug-likeness (QED) is 0.756. The van der Waals surface area contributed by atoms with E-state index in [9.17, 15) is 8.42 Å². The summed E-state index contributed by atoms with van der Waals surface area (Å²) >= 11 is 0. The second-order valence-corrected chi connectivity index (χ2v) is 8.57. The van der Waals surface area contributed by atoms with Crippen LogP contribution < -0.4 is 0 Å². The van der Waals surface area contributed by atoms with E-state index in [1.54, 1.807) is 6.07 Å². The van der Waals surface area contributed by atoms with Crippen molar-refractivity contribution in [2.75, 3.05) is 40.3 Å². The fourth-order valence-corrected chi connectivity index (χ4v) is 3.62. The molecule has 25 heavy (non-hydrogen) atoms. The number of sulfonamides is 1. The largest absolute Gasteiger partial charge is 0.447 e. The van der Waals surface area contributed by atoms with Gasteiger partial charge in [-0.1, -0.05) is 5.16 Å². The van der Waals surface area contributed by atoms with Crippen LogP contribution in [-0.4, -0.2) is 68.0 Å². The molecule has 0 spiro atoms. The molecule has 2 aromatic rings. The van der Waals surface area contributed by atoms with Crippen molar-refractivity contribution in [3.8, 4) is 0 Å².